The van der Waals surface area contributed by atoms with Gasteiger partial charge in [-0.1, -0.05) is 60.1 Å². The minimum Gasteiger partial charge on any atom is -0.467 e. The number of anilines is 1. The highest BCUT2D eigenvalue weighted by molar-refractivity contribution is 9.10. The Balaban J connectivity index is 2.21. The van der Waals surface area contributed by atoms with Gasteiger partial charge in [-0.2, -0.15) is 0 Å². The Morgan fingerprint density at radius 3 is 2.20 bits per heavy atom. The van der Waals surface area contributed by atoms with Crippen molar-refractivity contribution < 1.29 is 28.7 Å². The van der Waals surface area contributed by atoms with Crippen molar-refractivity contribution in [1.29, 1.82) is 0 Å². The molecule has 0 heterocycles. The van der Waals surface area contributed by atoms with Crippen molar-refractivity contribution in [2.24, 2.45) is 5.92 Å². The van der Waals surface area contributed by atoms with Crippen LogP contribution in [-0.4, -0.2) is 48.7 Å². The Kier molecular flexibility index (Phi) is 10.1. The molecule has 0 bridgehead atoms. The number of nitrogens with one attached hydrogen (secondary N) is 3. The molecule has 0 aromatic heterocycles. The first-order valence-electron chi connectivity index (χ1n) is 10.9. The number of amides is 3. The third-order valence-corrected chi connectivity index (χ3v) is 5.56. The fraction of sp³-hybridized carbons (Fsp3) is 0.320. The van der Waals surface area contributed by atoms with Crippen molar-refractivity contribution >= 4 is 51.1 Å². The third-order valence-electron chi connectivity index (χ3n) is 5.06. The maximum atomic E-state index is 13.1. The second kappa shape index (κ2) is 12.8. The molecular weight excluding hydrogens is 518 g/mol. The molecule has 186 valence electrons. The Hall–Kier alpha value is -3.53. The molecule has 3 N–H and O–H groups in total. The first-order valence-corrected chi connectivity index (χ1v) is 11.7. The van der Waals surface area contributed by atoms with Crippen LogP contribution in [0.5, 0.6) is 0 Å². The van der Waals surface area contributed by atoms with Gasteiger partial charge in [0, 0.05) is 17.8 Å². The van der Waals surface area contributed by atoms with Crippen molar-refractivity contribution in [2.75, 3.05) is 12.4 Å². The largest absolute Gasteiger partial charge is 0.467 e. The van der Waals surface area contributed by atoms with E-state index < -0.39 is 47.5 Å². The van der Waals surface area contributed by atoms with Crippen molar-refractivity contribution in [2.45, 2.75) is 39.3 Å². The van der Waals surface area contributed by atoms with Gasteiger partial charge in [-0.3, -0.25) is 19.2 Å². The van der Waals surface area contributed by atoms with Crippen LogP contribution in [-0.2, 0) is 30.3 Å². The average molecular weight is 546 g/mol. The quantitative estimate of drug-likeness (QED) is 0.239. The van der Waals surface area contributed by atoms with Crippen molar-refractivity contribution in [1.82, 2.24) is 10.6 Å². The minimum absolute atomic E-state index is 0.0356. The van der Waals surface area contributed by atoms with E-state index >= 15 is 0 Å². The lowest BCUT2D eigenvalue weighted by atomic mass is 10.0. The van der Waals surface area contributed by atoms with E-state index in [1.54, 1.807) is 19.9 Å². The molecule has 0 fully saturated rings. The number of halogens is 1. The summed E-state index contributed by atoms with van der Waals surface area (Å²) in [5.74, 6) is -4.04. The summed E-state index contributed by atoms with van der Waals surface area (Å²) >= 11 is 3.25. The zero-order chi connectivity index (χ0) is 26.1. The van der Waals surface area contributed by atoms with E-state index in [2.05, 4.69) is 31.9 Å². The number of methoxy groups -OCH3 is 1. The third kappa shape index (κ3) is 8.03. The maximum absolute atomic E-state index is 13.1. The van der Waals surface area contributed by atoms with Gasteiger partial charge in [-0.05, 0) is 29.7 Å². The summed E-state index contributed by atoms with van der Waals surface area (Å²) in [5.41, 5.74) is 0.940. The van der Waals surface area contributed by atoms with Gasteiger partial charge in [0.25, 0.3) is 11.7 Å². The SMILES string of the molecule is COC(=O)[C@H](Cc1ccccc1)NC(=O)[C@@H](NC(=O)C(=O)c1cc(Br)ccc1NC(C)=O)C(C)C. The number of benzene rings is 2. The molecule has 10 heteroatoms. The van der Waals surface area contributed by atoms with Crippen LogP contribution in [0, 0.1) is 5.92 Å². The fourth-order valence-corrected chi connectivity index (χ4v) is 3.67. The molecule has 35 heavy (non-hydrogen) atoms. The molecule has 2 rings (SSSR count). The van der Waals surface area contributed by atoms with Crippen LogP contribution in [0.4, 0.5) is 5.69 Å². The van der Waals surface area contributed by atoms with Crippen LogP contribution in [0.25, 0.3) is 0 Å². The van der Waals surface area contributed by atoms with E-state index in [0.29, 0.717) is 4.47 Å². The number of carbonyl (C=O) groups excluding carboxylic acids is 5. The van der Waals surface area contributed by atoms with Gasteiger partial charge < -0.3 is 20.7 Å². The molecule has 2 atom stereocenters. The van der Waals surface area contributed by atoms with Crippen LogP contribution in [0.3, 0.4) is 0 Å². The first kappa shape index (κ1) is 27.7. The molecule has 0 saturated carbocycles. The maximum Gasteiger partial charge on any atom is 0.328 e. The first-order chi connectivity index (χ1) is 16.5. The summed E-state index contributed by atoms with van der Waals surface area (Å²) in [6, 6.07) is 11.5. The fourth-order valence-electron chi connectivity index (χ4n) is 3.31. The highest BCUT2D eigenvalue weighted by atomic mass is 79.9. The normalized spacial score (nSPS) is 12.3. The van der Waals surface area contributed by atoms with E-state index in [1.165, 1.54) is 26.2 Å². The average Bonchev–Trinajstić information content (AvgIpc) is 2.82. The monoisotopic (exact) mass is 545 g/mol. The van der Waals surface area contributed by atoms with Gasteiger partial charge in [0.15, 0.2) is 0 Å². The molecule has 9 nitrogen and oxygen atoms in total. The lowest BCUT2D eigenvalue weighted by Gasteiger charge is -2.24. The standard InChI is InChI=1S/C25H28BrN3O6/c1-14(2)21(23(32)28-20(25(34)35-4)12-16-8-6-5-7-9-16)29-24(33)22(31)18-13-17(26)10-11-19(18)27-15(3)30/h5-11,13-14,20-21H,12H2,1-4H3,(H,27,30)(H,28,32)(H,29,33)/t20-,21-/m0/s1. The highest BCUT2D eigenvalue weighted by Crippen LogP contribution is 2.22. The van der Waals surface area contributed by atoms with Gasteiger partial charge in [0.1, 0.15) is 12.1 Å². The van der Waals surface area contributed by atoms with E-state index in [1.807, 2.05) is 30.3 Å². The van der Waals surface area contributed by atoms with Crippen molar-refractivity contribution in [3.63, 3.8) is 0 Å². The Bertz CT molecular complexity index is 1100. The van der Waals surface area contributed by atoms with E-state index in [4.69, 9.17) is 4.74 Å². The number of ether oxygens (including phenoxy) is 1. The smallest absolute Gasteiger partial charge is 0.328 e. The summed E-state index contributed by atoms with van der Waals surface area (Å²) < 4.78 is 5.36. The van der Waals surface area contributed by atoms with Gasteiger partial charge in [-0.25, -0.2) is 4.79 Å². The lowest BCUT2D eigenvalue weighted by Crippen LogP contribution is -2.55. The predicted octanol–water partition coefficient (Wildman–Crippen LogP) is 2.63. The molecule has 0 aliphatic rings. The molecule has 0 radical (unpaired) electrons. The highest BCUT2D eigenvalue weighted by Gasteiger charge is 2.31. The topological polar surface area (TPSA) is 131 Å². The molecule has 2 aromatic rings. The number of esters is 1. The van der Waals surface area contributed by atoms with Crippen LogP contribution in [0.1, 0.15) is 36.7 Å². The van der Waals surface area contributed by atoms with Gasteiger partial charge >= 0.3 is 5.97 Å². The zero-order valence-electron chi connectivity index (χ0n) is 19.9. The minimum atomic E-state index is -1.11. The molecule has 0 unspecified atom stereocenters. The van der Waals surface area contributed by atoms with Crippen LogP contribution >= 0.6 is 15.9 Å². The zero-order valence-corrected chi connectivity index (χ0v) is 21.5. The van der Waals surface area contributed by atoms with Crippen LogP contribution in [0.2, 0.25) is 0 Å². The Morgan fingerprint density at radius 1 is 0.971 bits per heavy atom. The summed E-state index contributed by atoms with van der Waals surface area (Å²) in [6.45, 7) is 4.67. The number of hydrogen-bond acceptors (Lipinski definition) is 6. The molecule has 0 spiro atoms. The van der Waals surface area contributed by atoms with Gasteiger partial charge in [-0.15, -0.1) is 0 Å². The number of rotatable bonds is 10. The molecule has 3 amide bonds. The summed E-state index contributed by atoms with van der Waals surface area (Å²) in [6.07, 6.45) is 0.190. The lowest BCUT2D eigenvalue weighted by molar-refractivity contribution is -0.145. The summed E-state index contributed by atoms with van der Waals surface area (Å²) in [4.78, 5) is 62.6. The second-order valence-corrected chi connectivity index (χ2v) is 9.09. The molecule has 0 saturated heterocycles. The van der Waals surface area contributed by atoms with E-state index in [-0.39, 0.29) is 17.7 Å². The number of hydrogen-bond donors (Lipinski definition) is 3. The summed E-state index contributed by atoms with van der Waals surface area (Å²) in [5, 5.41) is 7.60. The Morgan fingerprint density at radius 2 is 1.63 bits per heavy atom. The molecule has 0 aliphatic carbocycles. The van der Waals surface area contributed by atoms with Gasteiger partial charge in [0.2, 0.25) is 11.8 Å². The number of Topliss-reactive ketones (excluding diaryl/α,β-unsaturated/α-hetero) is 1. The molecule has 0 aliphatic heterocycles. The van der Waals surface area contributed by atoms with Gasteiger partial charge in [0.05, 0.1) is 18.4 Å². The molecule has 2 aromatic carbocycles. The molecular formula is C25H28BrN3O6. The number of carbonyl (C=O) groups is 5. The van der Waals surface area contributed by atoms with E-state index in [9.17, 15) is 24.0 Å². The second-order valence-electron chi connectivity index (χ2n) is 8.17. The predicted molar refractivity (Wildman–Crippen MR) is 134 cm³/mol. The number of ketones is 1. The Labute approximate surface area is 212 Å². The van der Waals surface area contributed by atoms with Crippen molar-refractivity contribution in [3.8, 4) is 0 Å². The van der Waals surface area contributed by atoms with Crippen LogP contribution < -0.4 is 16.0 Å². The van der Waals surface area contributed by atoms with Crippen molar-refractivity contribution in [3.05, 3.63) is 64.1 Å². The summed E-state index contributed by atoms with van der Waals surface area (Å²) in [7, 11) is 1.22. The van der Waals surface area contributed by atoms with Crippen LogP contribution in [0.15, 0.2) is 53.0 Å². The van der Waals surface area contributed by atoms with E-state index in [0.717, 1.165) is 5.56 Å².